The summed E-state index contributed by atoms with van der Waals surface area (Å²) in [5, 5.41) is 0. The maximum absolute atomic E-state index is 2.50. The summed E-state index contributed by atoms with van der Waals surface area (Å²) in [6, 6.07) is 0. The SMILES string of the molecule is CCCCC(CC(C)C(C)(CC)CC)C(C)(C)CC. The van der Waals surface area contributed by atoms with Gasteiger partial charge in [0, 0.05) is 0 Å². The van der Waals surface area contributed by atoms with Crippen LogP contribution in [0.15, 0.2) is 0 Å². The van der Waals surface area contributed by atoms with Crippen LogP contribution in [0.4, 0.5) is 0 Å². The van der Waals surface area contributed by atoms with Crippen molar-refractivity contribution in [2.75, 3.05) is 0 Å². The zero-order valence-electron chi connectivity index (χ0n) is 15.1. The van der Waals surface area contributed by atoms with E-state index in [0.29, 0.717) is 10.8 Å². The van der Waals surface area contributed by atoms with Gasteiger partial charge < -0.3 is 0 Å². The molecule has 0 aromatic heterocycles. The Kier molecular flexibility index (Phi) is 8.32. The fourth-order valence-corrected chi connectivity index (χ4v) is 3.23. The zero-order valence-corrected chi connectivity index (χ0v) is 15.1. The third-order valence-corrected chi connectivity index (χ3v) is 6.37. The first kappa shape index (κ1) is 19.0. The van der Waals surface area contributed by atoms with Crippen molar-refractivity contribution in [3.63, 3.8) is 0 Å². The predicted molar refractivity (Wildman–Crippen MR) is 89.6 cm³/mol. The lowest BCUT2D eigenvalue weighted by atomic mass is 9.64. The fraction of sp³-hybridized carbons (Fsp3) is 1.00. The van der Waals surface area contributed by atoms with Crippen molar-refractivity contribution in [2.24, 2.45) is 22.7 Å². The van der Waals surface area contributed by atoms with Crippen LogP contribution < -0.4 is 0 Å². The van der Waals surface area contributed by atoms with Crippen molar-refractivity contribution < 1.29 is 0 Å². The molecule has 116 valence electrons. The normalized spacial score (nSPS) is 16.4. The second kappa shape index (κ2) is 8.32. The number of rotatable bonds is 10. The van der Waals surface area contributed by atoms with Crippen molar-refractivity contribution in [1.29, 1.82) is 0 Å². The highest BCUT2D eigenvalue weighted by Gasteiger charge is 2.34. The minimum Gasteiger partial charge on any atom is -0.0654 e. The molecule has 19 heavy (non-hydrogen) atoms. The standard InChI is InChI=1S/C19H40/c1-9-13-14-17(18(6,7)10-2)15-16(5)19(8,11-3)12-4/h16-17H,9-15H2,1-8H3. The van der Waals surface area contributed by atoms with Crippen molar-refractivity contribution in [3.8, 4) is 0 Å². The van der Waals surface area contributed by atoms with E-state index in [4.69, 9.17) is 0 Å². The van der Waals surface area contributed by atoms with Crippen LogP contribution in [-0.4, -0.2) is 0 Å². The summed E-state index contributed by atoms with van der Waals surface area (Å²) in [5.41, 5.74) is 1.04. The molecule has 0 rings (SSSR count). The predicted octanol–water partition coefficient (Wildman–Crippen LogP) is 7.08. The van der Waals surface area contributed by atoms with Crippen LogP contribution in [0.5, 0.6) is 0 Å². The Labute approximate surface area is 123 Å². The summed E-state index contributed by atoms with van der Waals surface area (Å²) in [4.78, 5) is 0. The van der Waals surface area contributed by atoms with E-state index in [1.54, 1.807) is 0 Å². The lowest BCUT2D eigenvalue weighted by Gasteiger charge is -2.41. The van der Waals surface area contributed by atoms with Crippen LogP contribution in [0.1, 0.15) is 100 Å². The Bertz CT molecular complexity index is 222. The molecule has 0 amide bonds. The van der Waals surface area contributed by atoms with Gasteiger partial charge in [-0.05, 0) is 35.5 Å². The summed E-state index contributed by atoms with van der Waals surface area (Å²) < 4.78 is 0. The Morgan fingerprint density at radius 1 is 0.842 bits per heavy atom. The molecule has 0 saturated carbocycles. The Morgan fingerprint density at radius 3 is 1.74 bits per heavy atom. The average molecular weight is 269 g/mol. The maximum atomic E-state index is 2.50. The number of unbranched alkanes of at least 4 members (excludes halogenated alkanes) is 1. The molecule has 0 radical (unpaired) electrons. The Balaban J connectivity index is 4.81. The highest BCUT2D eigenvalue weighted by Crippen LogP contribution is 2.44. The average Bonchev–Trinajstić information content (AvgIpc) is 2.41. The first-order valence-corrected chi connectivity index (χ1v) is 8.77. The first-order chi connectivity index (χ1) is 8.77. The highest BCUT2D eigenvalue weighted by molar-refractivity contribution is 4.84. The van der Waals surface area contributed by atoms with Crippen LogP contribution in [0, 0.1) is 22.7 Å². The van der Waals surface area contributed by atoms with E-state index < -0.39 is 0 Å². The number of hydrogen-bond donors (Lipinski definition) is 0. The molecular formula is C19H40. The van der Waals surface area contributed by atoms with Gasteiger partial charge in [0.05, 0.1) is 0 Å². The molecule has 0 aromatic carbocycles. The first-order valence-electron chi connectivity index (χ1n) is 8.77. The van der Waals surface area contributed by atoms with Gasteiger partial charge in [-0.2, -0.15) is 0 Å². The van der Waals surface area contributed by atoms with Gasteiger partial charge in [-0.3, -0.25) is 0 Å². The largest absolute Gasteiger partial charge is 0.0654 e. The van der Waals surface area contributed by atoms with Gasteiger partial charge in [0.25, 0.3) is 0 Å². The highest BCUT2D eigenvalue weighted by atomic mass is 14.4. The molecule has 0 nitrogen and oxygen atoms in total. The number of hydrogen-bond acceptors (Lipinski definition) is 0. The smallest absolute Gasteiger partial charge is 0.0305 e. The van der Waals surface area contributed by atoms with Crippen LogP contribution in [-0.2, 0) is 0 Å². The van der Waals surface area contributed by atoms with Crippen molar-refractivity contribution in [1.82, 2.24) is 0 Å². The molecule has 0 N–H and O–H groups in total. The molecule has 0 spiro atoms. The summed E-state index contributed by atoms with van der Waals surface area (Å²) in [6.07, 6.45) is 9.52. The fourth-order valence-electron chi connectivity index (χ4n) is 3.23. The van der Waals surface area contributed by atoms with Crippen LogP contribution in [0.3, 0.4) is 0 Å². The molecule has 0 heterocycles. The molecular weight excluding hydrogens is 228 g/mol. The van der Waals surface area contributed by atoms with E-state index >= 15 is 0 Å². The molecule has 0 saturated heterocycles. The summed E-state index contributed by atoms with van der Waals surface area (Å²) in [6.45, 7) is 19.4. The van der Waals surface area contributed by atoms with Gasteiger partial charge in [0.1, 0.15) is 0 Å². The molecule has 0 bridgehead atoms. The van der Waals surface area contributed by atoms with Gasteiger partial charge in [0.2, 0.25) is 0 Å². The van der Waals surface area contributed by atoms with Gasteiger partial charge in [-0.15, -0.1) is 0 Å². The molecule has 0 fully saturated rings. The van der Waals surface area contributed by atoms with Gasteiger partial charge in [-0.1, -0.05) is 87.5 Å². The van der Waals surface area contributed by atoms with Gasteiger partial charge in [0.15, 0.2) is 0 Å². The second-order valence-corrected chi connectivity index (χ2v) is 7.68. The monoisotopic (exact) mass is 268 g/mol. The van der Waals surface area contributed by atoms with E-state index in [1.807, 2.05) is 0 Å². The third-order valence-electron chi connectivity index (χ3n) is 6.37. The van der Waals surface area contributed by atoms with Crippen molar-refractivity contribution in [3.05, 3.63) is 0 Å². The molecule has 0 aliphatic rings. The quantitative estimate of drug-likeness (QED) is 0.397. The maximum Gasteiger partial charge on any atom is -0.0305 e. The lowest BCUT2D eigenvalue weighted by molar-refractivity contribution is 0.0944. The van der Waals surface area contributed by atoms with Crippen molar-refractivity contribution >= 4 is 0 Å². The molecule has 0 aliphatic heterocycles. The second-order valence-electron chi connectivity index (χ2n) is 7.68. The Hall–Kier alpha value is 0. The summed E-state index contributed by atoms with van der Waals surface area (Å²) >= 11 is 0. The molecule has 0 aliphatic carbocycles. The molecule has 2 unspecified atom stereocenters. The lowest BCUT2D eigenvalue weighted by Crippen LogP contribution is -2.31. The third kappa shape index (κ3) is 5.48. The van der Waals surface area contributed by atoms with E-state index in [2.05, 4.69) is 55.4 Å². The molecule has 2 atom stereocenters. The molecule has 0 aromatic rings. The minimum absolute atomic E-state index is 0.506. The van der Waals surface area contributed by atoms with E-state index in [0.717, 1.165) is 11.8 Å². The van der Waals surface area contributed by atoms with E-state index in [1.165, 1.54) is 44.9 Å². The zero-order chi connectivity index (χ0) is 15.1. The molecule has 0 heteroatoms. The van der Waals surface area contributed by atoms with Crippen LogP contribution in [0.25, 0.3) is 0 Å². The van der Waals surface area contributed by atoms with Gasteiger partial charge >= 0.3 is 0 Å². The topological polar surface area (TPSA) is 0 Å². The van der Waals surface area contributed by atoms with E-state index in [9.17, 15) is 0 Å². The van der Waals surface area contributed by atoms with E-state index in [-0.39, 0.29) is 0 Å². The summed E-state index contributed by atoms with van der Waals surface area (Å²) in [7, 11) is 0. The minimum atomic E-state index is 0.506. The van der Waals surface area contributed by atoms with Crippen LogP contribution in [0.2, 0.25) is 0 Å². The van der Waals surface area contributed by atoms with Crippen LogP contribution >= 0.6 is 0 Å². The summed E-state index contributed by atoms with van der Waals surface area (Å²) in [5.74, 6) is 1.74. The van der Waals surface area contributed by atoms with Gasteiger partial charge in [-0.25, -0.2) is 0 Å². The van der Waals surface area contributed by atoms with Crippen molar-refractivity contribution in [2.45, 2.75) is 100 Å². The Morgan fingerprint density at radius 2 is 1.37 bits per heavy atom.